The van der Waals surface area contributed by atoms with Gasteiger partial charge in [-0.2, -0.15) is 0 Å². The van der Waals surface area contributed by atoms with Gasteiger partial charge in [-0.3, -0.25) is 33.6 Å². The molecule has 18 heteroatoms. The molecule has 2 fully saturated rings. The Labute approximate surface area is 286 Å². The van der Waals surface area contributed by atoms with E-state index in [2.05, 4.69) is 0 Å². The first kappa shape index (κ1) is 39.6. The molecule has 10 atom stereocenters. The van der Waals surface area contributed by atoms with Crippen molar-refractivity contribution in [3.05, 3.63) is 30.3 Å². The fourth-order valence-electron chi connectivity index (χ4n) is 5.20. The summed E-state index contributed by atoms with van der Waals surface area (Å²) < 4.78 is 62.3. The molecule has 3 rings (SSSR count). The van der Waals surface area contributed by atoms with Crippen molar-refractivity contribution in [1.82, 2.24) is 0 Å². The number of ether oxygens (including phenoxy) is 11. The zero-order chi connectivity index (χ0) is 37.1. The van der Waals surface area contributed by atoms with Gasteiger partial charge in [0.2, 0.25) is 12.4 Å². The second-order valence-corrected chi connectivity index (χ2v) is 11.1. The van der Waals surface area contributed by atoms with Crippen LogP contribution in [0.5, 0.6) is 5.75 Å². The quantitative estimate of drug-likeness (QED) is 0.203. The maximum Gasteiger partial charge on any atom is 0.303 e. The van der Waals surface area contributed by atoms with Crippen LogP contribution in [0.25, 0.3) is 0 Å². The molecule has 0 aliphatic carbocycles. The molecule has 0 aromatic heterocycles. The van der Waals surface area contributed by atoms with Gasteiger partial charge in [-0.1, -0.05) is 18.2 Å². The summed E-state index contributed by atoms with van der Waals surface area (Å²) in [5.74, 6) is -5.56. The number of hydrogen-bond donors (Lipinski definition) is 0. The fourth-order valence-corrected chi connectivity index (χ4v) is 5.20. The molecule has 50 heavy (non-hydrogen) atoms. The first-order valence-electron chi connectivity index (χ1n) is 15.4. The van der Waals surface area contributed by atoms with Crippen molar-refractivity contribution >= 4 is 41.8 Å². The van der Waals surface area contributed by atoms with Gasteiger partial charge in [0, 0.05) is 48.5 Å². The van der Waals surface area contributed by atoms with Crippen molar-refractivity contribution in [1.29, 1.82) is 0 Å². The van der Waals surface area contributed by atoms with Gasteiger partial charge >= 0.3 is 41.8 Å². The Hall–Kier alpha value is -4.81. The molecule has 1 aromatic carbocycles. The zero-order valence-corrected chi connectivity index (χ0v) is 28.4. The Balaban J connectivity index is 2.16. The van der Waals surface area contributed by atoms with E-state index >= 15 is 0 Å². The number of hydrogen-bond acceptors (Lipinski definition) is 18. The molecule has 1 aromatic rings. The van der Waals surface area contributed by atoms with E-state index in [-0.39, 0.29) is 5.75 Å². The molecule has 2 aliphatic rings. The summed E-state index contributed by atoms with van der Waals surface area (Å²) in [6, 6.07) is 8.21. The Bertz CT molecular complexity index is 1380. The summed E-state index contributed by atoms with van der Waals surface area (Å²) in [4.78, 5) is 85.3. The van der Waals surface area contributed by atoms with E-state index < -0.39 is 116 Å². The highest BCUT2D eigenvalue weighted by atomic mass is 16.8. The SMILES string of the molecule is CC(=O)OC[C@H]1O[C@H](O[C@H]2[C@H](OC(C)=O)[C@@H](OC(C)=O)[C@H](Oc3ccccc3)O[C@@H]2COC(C)=O)[C@H](OC(C)=O)[C@@H](OC(C)=O)[C@@H]1OC(C)=O. The molecule has 276 valence electrons. The second kappa shape index (κ2) is 18.3. The van der Waals surface area contributed by atoms with Crippen molar-refractivity contribution < 1.29 is 85.7 Å². The third-order valence-corrected chi connectivity index (χ3v) is 6.88. The predicted octanol–water partition coefficient (Wildman–Crippen LogP) is 0.685. The molecule has 2 aliphatic heterocycles. The van der Waals surface area contributed by atoms with E-state index in [1.165, 1.54) is 0 Å². The summed E-state index contributed by atoms with van der Waals surface area (Å²) in [6.45, 7) is 6.42. The molecular formula is C32H40O18. The third kappa shape index (κ3) is 11.7. The van der Waals surface area contributed by atoms with Crippen LogP contribution >= 0.6 is 0 Å². The molecule has 0 bridgehead atoms. The second-order valence-electron chi connectivity index (χ2n) is 11.1. The highest BCUT2D eigenvalue weighted by molar-refractivity contribution is 5.69. The van der Waals surface area contributed by atoms with Gasteiger partial charge in [-0.15, -0.1) is 0 Å². The summed E-state index contributed by atoms with van der Waals surface area (Å²) in [6.07, 6.45) is -15.5. The van der Waals surface area contributed by atoms with Crippen LogP contribution in [0.15, 0.2) is 30.3 Å². The van der Waals surface area contributed by atoms with Crippen molar-refractivity contribution in [3.63, 3.8) is 0 Å². The minimum absolute atomic E-state index is 0.265. The molecule has 0 unspecified atom stereocenters. The Morgan fingerprint density at radius 1 is 0.480 bits per heavy atom. The van der Waals surface area contributed by atoms with E-state index in [4.69, 9.17) is 52.1 Å². The topological polar surface area (TPSA) is 221 Å². The predicted molar refractivity (Wildman–Crippen MR) is 160 cm³/mol. The maximum absolute atomic E-state index is 12.5. The first-order chi connectivity index (χ1) is 23.5. The van der Waals surface area contributed by atoms with Gasteiger partial charge in [0.05, 0.1) is 0 Å². The minimum atomic E-state index is -1.79. The van der Waals surface area contributed by atoms with E-state index in [1.54, 1.807) is 30.3 Å². The van der Waals surface area contributed by atoms with Crippen LogP contribution < -0.4 is 4.74 Å². The van der Waals surface area contributed by atoms with Gasteiger partial charge < -0.3 is 52.1 Å². The highest BCUT2D eigenvalue weighted by Gasteiger charge is 2.58. The summed E-state index contributed by atoms with van der Waals surface area (Å²) in [5.41, 5.74) is 0. The fraction of sp³-hybridized carbons (Fsp3) is 0.594. The highest BCUT2D eigenvalue weighted by Crippen LogP contribution is 2.36. The molecule has 18 nitrogen and oxygen atoms in total. The number of carbonyl (C=O) groups excluding carboxylic acids is 7. The van der Waals surface area contributed by atoms with E-state index in [0.29, 0.717) is 0 Å². The average molecular weight is 713 g/mol. The van der Waals surface area contributed by atoms with Crippen molar-refractivity contribution in [3.8, 4) is 5.75 Å². The lowest BCUT2D eigenvalue weighted by atomic mass is 9.96. The first-order valence-corrected chi connectivity index (χ1v) is 15.4. The Morgan fingerprint density at radius 2 is 0.860 bits per heavy atom. The van der Waals surface area contributed by atoms with Crippen LogP contribution in [0, 0.1) is 0 Å². The number of esters is 7. The number of rotatable bonds is 13. The van der Waals surface area contributed by atoms with Crippen LogP contribution in [0.3, 0.4) is 0 Å². The molecule has 0 radical (unpaired) electrons. The van der Waals surface area contributed by atoms with Gasteiger partial charge in [-0.05, 0) is 12.1 Å². The Kier molecular flexibility index (Phi) is 14.5. The summed E-state index contributed by atoms with van der Waals surface area (Å²) >= 11 is 0. The van der Waals surface area contributed by atoms with Crippen molar-refractivity contribution in [2.75, 3.05) is 13.2 Å². The average Bonchev–Trinajstić information content (AvgIpc) is 3.00. The lowest BCUT2D eigenvalue weighted by molar-refractivity contribution is -0.354. The van der Waals surface area contributed by atoms with E-state index in [1.807, 2.05) is 0 Å². The monoisotopic (exact) mass is 712 g/mol. The molecule has 2 heterocycles. The largest absolute Gasteiger partial charge is 0.463 e. The van der Waals surface area contributed by atoms with Gasteiger partial charge in [0.1, 0.15) is 37.3 Å². The number of para-hydroxylation sites is 1. The molecule has 0 spiro atoms. The number of carbonyl (C=O) groups is 7. The zero-order valence-electron chi connectivity index (χ0n) is 28.4. The van der Waals surface area contributed by atoms with Crippen LogP contribution in [0.2, 0.25) is 0 Å². The van der Waals surface area contributed by atoms with Crippen molar-refractivity contribution in [2.45, 2.75) is 110 Å². The van der Waals surface area contributed by atoms with Crippen LogP contribution in [0.4, 0.5) is 0 Å². The normalized spacial score (nSPS) is 28.9. The van der Waals surface area contributed by atoms with Gasteiger partial charge in [0.15, 0.2) is 30.7 Å². The van der Waals surface area contributed by atoms with Crippen LogP contribution in [-0.4, -0.2) is 116 Å². The summed E-state index contributed by atoms with van der Waals surface area (Å²) in [5, 5.41) is 0. The standard InChI is InChI=1S/C32H40O18/c1-15(33)40-13-23-25(42-17(3)35)27(43-18(4)36)30(46-21(7)39)32(49-23)50-26-24(14-41-16(2)34)48-31(47-22-11-9-8-10-12-22)29(45-20(6)38)28(26)44-19(5)37/h8-12,23-32H,13-14H2,1-7H3/t23-,24-,25-,26-,27+,28+,29-,30-,31-,32-/m1/s1. The third-order valence-electron chi connectivity index (χ3n) is 6.88. The molecule has 2 saturated heterocycles. The number of benzene rings is 1. The van der Waals surface area contributed by atoms with E-state index in [0.717, 1.165) is 48.5 Å². The lowest BCUT2D eigenvalue weighted by Crippen LogP contribution is -2.67. The minimum Gasteiger partial charge on any atom is -0.463 e. The lowest BCUT2D eigenvalue weighted by Gasteiger charge is -2.48. The smallest absolute Gasteiger partial charge is 0.303 e. The molecule has 0 amide bonds. The molecule has 0 N–H and O–H groups in total. The Morgan fingerprint density at radius 3 is 1.32 bits per heavy atom. The van der Waals surface area contributed by atoms with E-state index in [9.17, 15) is 33.6 Å². The molecular weight excluding hydrogens is 672 g/mol. The van der Waals surface area contributed by atoms with Crippen molar-refractivity contribution in [2.24, 2.45) is 0 Å². The molecule has 0 saturated carbocycles. The maximum atomic E-state index is 12.5. The van der Waals surface area contributed by atoms with Gasteiger partial charge in [-0.25, -0.2) is 0 Å². The summed E-state index contributed by atoms with van der Waals surface area (Å²) in [7, 11) is 0. The van der Waals surface area contributed by atoms with Crippen LogP contribution in [-0.2, 0) is 80.9 Å². The van der Waals surface area contributed by atoms with Gasteiger partial charge in [0.25, 0.3) is 0 Å². The van der Waals surface area contributed by atoms with Crippen LogP contribution in [0.1, 0.15) is 48.5 Å².